The lowest BCUT2D eigenvalue weighted by molar-refractivity contribution is -0.153. The number of hydrogen-bond donors (Lipinski definition) is 3. The first-order valence-corrected chi connectivity index (χ1v) is 13.3. The number of esters is 1. The van der Waals surface area contributed by atoms with E-state index in [0.717, 1.165) is 4.90 Å². The number of fused-ring (bicyclic) bond motifs is 1. The van der Waals surface area contributed by atoms with Gasteiger partial charge in [-0.15, -0.1) is 0 Å². The van der Waals surface area contributed by atoms with E-state index in [0.29, 0.717) is 5.56 Å². The quantitative estimate of drug-likeness (QED) is 0.195. The zero-order chi connectivity index (χ0) is 27.7. The van der Waals surface area contributed by atoms with Crippen molar-refractivity contribution in [3.05, 3.63) is 47.4 Å². The first-order chi connectivity index (χ1) is 17.1. The molecule has 1 saturated heterocycles. The Labute approximate surface area is 230 Å². The summed E-state index contributed by atoms with van der Waals surface area (Å²) >= 11 is 14.8. The normalized spacial score (nSPS) is 22.4. The molecule has 1 aromatic carbocycles. The SMILES string of the molecule is CC(C)(C)OC(=O)NC(C(=O)N[C@@H]1C(=O)N2C(C(=O)OCC(Cl)(Cl)Cl)=C(O)C[S+]([O-])[C@@H]12)c1ccccc1. The lowest BCUT2D eigenvalue weighted by atomic mass is 10.0. The van der Waals surface area contributed by atoms with Crippen LogP contribution in [0.25, 0.3) is 0 Å². The van der Waals surface area contributed by atoms with E-state index in [1.165, 1.54) is 0 Å². The predicted octanol–water partition coefficient (Wildman–Crippen LogP) is 2.35. The van der Waals surface area contributed by atoms with Crippen molar-refractivity contribution in [3.63, 3.8) is 0 Å². The van der Waals surface area contributed by atoms with Crippen molar-refractivity contribution in [2.75, 3.05) is 12.4 Å². The highest BCUT2D eigenvalue weighted by atomic mass is 35.6. The lowest BCUT2D eigenvalue weighted by Gasteiger charge is -2.48. The number of nitrogens with one attached hydrogen (secondary N) is 2. The number of carbonyl (C=O) groups is 4. The molecule has 0 spiro atoms. The average Bonchev–Trinajstić information content (AvgIpc) is 2.78. The molecule has 1 fully saturated rings. The second-order valence-electron chi connectivity index (χ2n) is 9.09. The Morgan fingerprint density at radius 3 is 2.41 bits per heavy atom. The Bertz CT molecular complexity index is 1110. The highest BCUT2D eigenvalue weighted by Crippen LogP contribution is 2.37. The van der Waals surface area contributed by atoms with E-state index in [1.54, 1.807) is 51.1 Å². The van der Waals surface area contributed by atoms with Crippen LogP contribution in [0.3, 0.4) is 0 Å². The van der Waals surface area contributed by atoms with Crippen molar-refractivity contribution in [3.8, 4) is 0 Å². The second kappa shape index (κ2) is 11.2. The molecule has 2 aliphatic heterocycles. The van der Waals surface area contributed by atoms with Crippen LogP contribution in [0.1, 0.15) is 32.4 Å². The molecule has 1 aromatic rings. The van der Waals surface area contributed by atoms with Crippen LogP contribution in [0.4, 0.5) is 4.79 Å². The van der Waals surface area contributed by atoms with Crippen LogP contribution in [0.2, 0.25) is 0 Å². The Kier molecular flexibility index (Phi) is 8.80. The standard InChI is InChI=1S/C22H24Cl3N3O8S/c1-21(2,3)36-20(33)27-13(11-7-5-4-6-8-11)16(30)26-14-17(31)28-15(12(29)9-37(34)18(14)28)19(32)35-10-22(23,24)25/h4-8,13-14,18,29H,9-10H2,1-3H3,(H,26,30)(H,27,33)/t13?,14-,18+,37?/m1/s1. The fourth-order valence-electron chi connectivity index (χ4n) is 3.57. The molecule has 3 N–H and O–H groups in total. The number of aliphatic hydroxyl groups excluding tert-OH is 1. The summed E-state index contributed by atoms with van der Waals surface area (Å²) in [5.74, 6) is -3.90. The average molecular weight is 597 g/mol. The molecule has 0 radical (unpaired) electrons. The molecular weight excluding hydrogens is 573 g/mol. The van der Waals surface area contributed by atoms with Crippen molar-refractivity contribution in [1.29, 1.82) is 0 Å². The highest BCUT2D eigenvalue weighted by Gasteiger charge is 2.62. The summed E-state index contributed by atoms with van der Waals surface area (Å²) in [4.78, 5) is 51.8. The van der Waals surface area contributed by atoms with Crippen molar-refractivity contribution >= 4 is 69.9 Å². The number of rotatable bonds is 6. The van der Waals surface area contributed by atoms with Crippen LogP contribution in [0.5, 0.6) is 0 Å². The molecule has 15 heteroatoms. The van der Waals surface area contributed by atoms with Crippen molar-refractivity contribution < 1.29 is 38.3 Å². The molecule has 0 aliphatic carbocycles. The minimum Gasteiger partial charge on any atom is -0.614 e. The van der Waals surface area contributed by atoms with Crippen LogP contribution in [-0.4, -0.2) is 71.6 Å². The van der Waals surface area contributed by atoms with E-state index in [1.807, 2.05) is 0 Å². The molecule has 2 unspecified atom stereocenters. The van der Waals surface area contributed by atoms with E-state index in [2.05, 4.69) is 10.6 Å². The number of aliphatic hydroxyl groups is 1. The van der Waals surface area contributed by atoms with Gasteiger partial charge in [-0.3, -0.25) is 14.5 Å². The minimum atomic E-state index is -1.94. The number of β-lactam (4-membered cyclic amide) rings is 1. The van der Waals surface area contributed by atoms with Gasteiger partial charge < -0.3 is 29.8 Å². The maximum Gasteiger partial charge on any atom is 0.408 e. The van der Waals surface area contributed by atoms with Crippen LogP contribution in [-0.2, 0) is 35.0 Å². The van der Waals surface area contributed by atoms with Gasteiger partial charge >= 0.3 is 12.1 Å². The monoisotopic (exact) mass is 595 g/mol. The number of alkyl carbamates (subject to hydrolysis) is 1. The number of nitrogens with zero attached hydrogens (tertiary/aromatic N) is 1. The zero-order valence-corrected chi connectivity index (χ0v) is 22.9. The number of amides is 3. The van der Waals surface area contributed by atoms with E-state index < -0.39 is 85.7 Å². The summed E-state index contributed by atoms with van der Waals surface area (Å²) in [5, 5.41) is 14.0. The molecule has 2 heterocycles. The van der Waals surface area contributed by atoms with Crippen molar-refractivity contribution in [1.82, 2.24) is 15.5 Å². The smallest absolute Gasteiger partial charge is 0.408 e. The van der Waals surface area contributed by atoms with Crippen molar-refractivity contribution in [2.45, 2.75) is 47.6 Å². The number of ether oxygens (including phenoxy) is 2. The Morgan fingerprint density at radius 2 is 1.84 bits per heavy atom. The lowest BCUT2D eigenvalue weighted by Crippen LogP contribution is -2.75. The number of alkyl halides is 3. The van der Waals surface area contributed by atoms with Gasteiger partial charge in [0.1, 0.15) is 18.2 Å². The second-order valence-corrected chi connectivity index (χ2v) is 13.1. The fourth-order valence-corrected chi connectivity index (χ4v) is 5.24. The Morgan fingerprint density at radius 1 is 1.22 bits per heavy atom. The molecule has 0 saturated carbocycles. The molecule has 4 atom stereocenters. The number of benzene rings is 1. The number of hydrogen-bond acceptors (Lipinski definition) is 8. The summed E-state index contributed by atoms with van der Waals surface area (Å²) in [6.45, 7) is 4.30. The zero-order valence-electron chi connectivity index (χ0n) is 19.8. The molecule has 37 heavy (non-hydrogen) atoms. The first-order valence-electron chi connectivity index (χ1n) is 10.8. The number of carbonyl (C=O) groups excluding carboxylic acids is 4. The largest absolute Gasteiger partial charge is 0.614 e. The summed E-state index contributed by atoms with van der Waals surface area (Å²) in [6, 6.07) is 5.63. The summed E-state index contributed by atoms with van der Waals surface area (Å²) in [5.41, 5.74) is -0.991. The fraction of sp³-hybridized carbons (Fsp3) is 0.455. The molecule has 3 amide bonds. The Balaban J connectivity index is 1.78. The van der Waals surface area contributed by atoms with Gasteiger partial charge in [0.25, 0.3) is 5.91 Å². The molecular formula is C22H24Cl3N3O8S. The van der Waals surface area contributed by atoms with Gasteiger partial charge in [-0.05, 0) is 37.5 Å². The molecule has 3 rings (SSSR count). The number of halogens is 3. The topological polar surface area (TPSA) is 157 Å². The third kappa shape index (κ3) is 7.14. The molecule has 0 bridgehead atoms. The third-order valence-corrected chi connectivity index (χ3v) is 6.93. The summed E-state index contributed by atoms with van der Waals surface area (Å²) < 4.78 is 20.9. The summed E-state index contributed by atoms with van der Waals surface area (Å²) in [6.07, 6.45) is -0.869. The van der Waals surface area contributed by atoms with Crippen LogP contribution in [0, 0.1) is 0 Å². The van der Waals surface area contributed by atoms with Crippen molar-refractivity contribution in [2.24, 2.45) is 0 Å². The molecule has 2 aliphatic rings. The van der Waals surface area contributed by atoms with E-state index >= 15 is 0 Å². The minimum absolute atomic E-state index is 0.396. The van der Waals surface area contributed by atoms with Gasteiger partial charge in [0.2, 0.25) is 15.1 Å². The third-order valence-electron chi connectivity index (χ3n) is 5.02. The van der Waals surface area contributed by atoms with Crippen LogP contribution < -0.4 is 10.6 Å². The maximum atomic E-state index is 13.2. The molecule has 11 nitrogen and oxygen atoms in total. The van der Waals surface area contributed by atoms with Crippen LogP contribution in [0.15, 0.2) is 41.8 Å². The van der Waals surface area contributed by atoms with E-state index in [-0.39, 0.29) is 0 Å². The van der Waals surface area contributed by atoms with Gasteiger partial charge in [-0.1, -0.05) is 65.1 Å². The van der Waals surface area contributed by atoms with E-state index in [9.17, 15) is 28.8 Å². The molecule has 202 valence electrons. The molecule has 0 aromatic heterocycles. The van der Waals surface area contributed by atoms with Gasteiger partial charge in [0.05, 0.1) is 0 Å². The summed E-state index contributed by atoms with van der Waals surface area (Å²) in [7, 11) is 0. The van der Waals surface area contributed by atoms with Gasteiger partial charge in [-0.25, -0.2) is 9.59 Å². The van der Waals surface area contributed by atoms with Gasteiger partial charge in [0.15, 0.2) is 23.3 Å². The first kappa shape index (κ1) is 29.2. The maximum absolute atomic E-state index is 13.2. The van der Waals surface area contributed by atoms with Gasteiger partial charge in [0, 0.05) is 0 Å². The van der Waals surface area contributed by atoms with E-state index in [4.69, 9.17) is 44.3 Å². The Hall–Kier alpha value is -2.38. The predicted molar refractivity (Wildman–Crippen MR) is 135 cm³/mol. The highest BCUT2D eigenvalue weighted by molar-refractivity contribution is 7.92. The van der Waals surface area contributed by atoms with Crippen LogP contribution >= 0.6 is 34.8 Å². The van der Waals surface area contributed by atoms with Gasteiger partial charge in [-0.2, -0.15) is 0 Å².